The highest BCUT2D eigenvalue weighted by molar-refractivity contribution is 8.00. The zero-order chi connectivity index (χ0) is 16.2. The number of imidazole rings is 1. The second kappa shape index (κ2) is 7.36. The molecule has 0 spiro atoms. The maximum atomic E-state index is 12.3. The van der Waals surface area contributed by atoms with E-state index in [0.29, 0.717) is 6.54 Å². The zero-order valence-electron chi connectivity index (χ0n) is 13.6. The van der Waals surface area contributed by atoms with Crippen molar-refractivity contribution in [1.29, 1.82) is 0 Å². The molecule has 6 heteroatoms. The van der Waals surface area contributed by atoms with Crippen LogP contribution in [0.5, 0.6) is 0 Å². The Morgan fingerprint density at radius 1 is 1.52 bits per heavy atom. The first kappa shape index (κ1) is 16.3. The fraction of sp³-hybridized carbons (Fsp3) is 0.529. The van der Waals surface area contributed by atoms with Crippen LogP contribution < -0.4 is 5.32 Å². The molecule has 0 saturated carbocycles. The fourth-order valence-electron chi connectivity index (χ4n) is 2.82. The largest absolute Gasteiger partial charge is 0.376 e. The molecule has 1 amide bonds. The predicted octanol–water partition coefficient (Wildman–Crippen LogP) is 2.83. The average molecular weight is 333 g/mol. The number of carbonyl (C=O) groups excluding carboxylic acids is 1. The summed E-state index contributed by atoms with van der Waals surface area (Å²) in [5.41, 5.74) is 2.09. The molecule has 1 N–H and O–H groups in total. The van der Waals surface area contributed by atoms with Crippen molar-refractivity contribution in [3.8, 4) is 0 Å². The lowest BCUT2D eigenvalue weighted by Gasteiger charge is -2.15. The lowest BCUT2D eigenvalue weighted by Crippen LogP contribution is -2.36. The van der Waals surface area contributed by atoms with Gasteiger partial charge in [0, 0.05) is 19.7 Å². The van der Waals surface area contributed by atoms with E-state index in [1.54, 1.807) is 0 Å². The molecule has 1 aliphatic rings. The molecular formula is C17H23N3O2S. The predicted molar refractivity (Wildman–Crippen MR) is 92.7 cm³/mol. The summed E-state index contributed by atoms with van der Waals surface area (Å²) < 4.78 is 7.70. The van der Waals surface area contributed by atoms with Crippen molar-refractivity contribution in [2.45, 2.75) is 49.7 Å². The summed E-state index contributed by atoms with van der Waals surface area (Å²) >= 11 is 1.51. The van der Waals surface area contributed by atoms with Gasteiger partial charge in [0.1, 0.15) is 0 Å². The van der Waals surface area contributed by atoms with Crippen molar-refractivity contribution in [3.63, 3.8) is 0 Å². The molecule has 2 atom stereocenters. The van der Waals surface area contributed by atoms with E-state index in [1.807, 2.05) is 25.1 Å². The van der Waals surface area contributed by atoms with Gasteiger partial charge in [-0.05, 0) is 38.8 Å². The van der Waals surface area contributed by atoms with Crippen LogP contribution in [0.15, 0.2) is 29.4 Å². The standard InChI is InChI=1S/C17H23N3O2S/c1-3-20-15-9-5-4-8-14(15)19-17(20)23-12(2)16(21)18-11-13-7-6-10-22-13/h4-5,8-9,12-13H,3,6-7,10-11H2,1-2H3,(H,18,21)/t12-,13-/m1/s1. The molecule has 1 fully saturated rings. The number of para-hydroxylation sites is 2. The molecule has 0 bridgehead atoms. The number of nitrogens with one attached hydrogen (secondary N) is 1. The molecule has 0 unspecified atom stereocenters. The van der Waals surface area contributed by atoms with Crippen LogP contribution in [0, 0.1) is 0 Å². The van der Waals surface area contributed by atoms with Crippen molar-refractivity contribution >= 4 is 28.7 Å². The third-order valence-corrected chi connectivity index (χ3v) is 5.21. The van der Waals surface area contributed by atoms with Crippen LogP contribution in [0.1, 0.15) is 26.7 Å². The number of hydrogen-bond acceptors (Lipinski definition) is 4. The Morgan fingerprint density at radius 2 is 2.35 bits per heavy atom. The van der Waals surface area contributed by atoms with E-state index in [2.05, 4.69) is 27.9 Å². The smallest absolute Gasteiger partial charge is 0.233 e. The summed E-state index contributed by atoms with van der Waals surface area (Å²) in [6.45, 7) is 6.28. The van der Waals surface area contributed by atoms with Gasteiger partial charge in [-0.15, -0.1) is 0 Å². The Labute approximate surface area is 140 Å². The second-order valence-electron chi connectivity index (χ2n) is 5.77. The number of aromatic nitrogens is 2. The van der Waals surface area contributed by atoms with Gasteiger partial charge < -0.3 is 14.6 Å². The molecule has 0 radical (unpaired) electrons. The molecule has 1 aliphatic heterocycles. The van der Waals surface area contributed by atoms with E-state index in [9.17, 15) is 4.79 Å². The summed E-state index contributed by atoms with van der Waals surface area (Å²) in [7, 11) is 0. The molecule has 3 rings (SSSR count). The van der Waals surface area contributed by atoms with Crippen molar-refractivity contribution in [2.75, 3.05) is 13.2 Å². The molecular weight excluding hydrogens is 310 g/mol. The first-order valence-corrected chi connectivity index (χ1v) is 9.08. The van der Waals surface area contributed by atoms with E-state index >= 15 is 0 Å². The topological polar surface area (TPSA) is 56.2 Å². The van der Waals surface area contributed by atoms with Crippen LogP contribution in [0.3, 0.4) is 0 Å². The first-order valence-electron chi connectivity index (χ1n) is 8.20. The normalized spacial score (nSPS) is 19.1. The van der Waals surface area contributed by atoms with Gasteiger partial charge in [0.2, 0.25) is 5.91 Å². The van der Waals surface area contributed by atoms with Gasteiger partial charge >= 0.3 is 0 Å². The van der Waals surface area contributed by atoms with Gasteiger partial charge in [0.15, 0.2) is 5.16 Å². The van der Waals surface area contributed by atoms with Crippen LogP contribution in [-0.4, -0.2) is 40.0 Å². The highest BCUT2D eigenvalue weighted by Gasteiger charge is 2.21. The SMILES string of the molecule is CCn1c(S[C@H](C)C(=O)NC[C@H]2CCCO2)nc2ccccc21. The summed E-state index contributed by atoms with van der Waals surface area (Å²) in [5, 5.41) is 3.71. The summed E-state index contributed by atoms with van der Waals surface area (Å²) in [6, 6.07) is 8.08. The summed E-state index contributed by atoms with van der Waals surface area (Å²) in [6.07, 6.45) is 2.30. The number of benzene rings is 1. The van der Waals surface area contributed by atoms with Gasteiger partial charge in [-0.25, -0.2) is 4.98 Å². The van der Waals surface area contributed by atoms with Gasteiger partial charge in [-0.1, -0.05) is 23.9 Å². The maximum Gasteiger partial charge on any atom is 0.233 e. The molecule has 23 heavy (non-hydrogen) atoms. The zero-order valence-corrected chi connectivity index (χ0v) is 14.4. The van der Waals surface area contributed by atoms with E-state index < -0.39 is 0 Å². The quantitative estimate of drug-likeness (QED) is 0.826. The Hall–Kier alpha value is -1.53. The van der Waals surface area contributed by atoms with E-state index in [4.69, 9.17) is 4.74 Å². The third-order valence-electron chi connectivity index (χ3n) is 4.12. The number of amides is 1. The van der Waals surface area contributed by atoms with Crippen LogP contribution in [0.2, 0.25) is 0 Å². The minimum Gasteiger partial charge on any atom is -0.376 e. The number of aryl methyl sites for hydroxylation is 1. The molecule has 1 aromatic heterocycles. The van der Waals surface area contributed by atoms with Crippen LogP contribution in [0.4, 0.5) is 0 Å². The number of nitrogens with zero attached hydrogens (tertiary/aromatic N) is 2. The van der Waals surface area contributed by atoms with E-state index in [0.717, 1.165) is 42.2 Å². The Bertz CT molecular complexity index is 680. The average Bonchev–Trinajstić information content (AvgIpc) is 3.19. The van der Waals surface area contributed by atoms with Gasteiger partial charge in [-0.2, -0.15) is 0 Å². The number of hydrogen-bond donors (Lipinski definition) is 1. The minimum atomic E-state index is -0.182. The van der Waals surface area contributed by atoms with Gasteiger partial charge in [-0.3, -0.25) is 4.79 Å². The van der Waals surface area contributed by atoms with Crippen molar-refractivity contribution in [3.05, 3.63) is 24.3 Å². The second-order valence-corrected chi connectivity index (χ2v) is 7.08. The van der Waals surface area contributed by atoms with Gasteiger partial charge in [0.05, 0.1) is 22.4 Å². The highest BCUT2D eigenvalue weighted by Crippen LogP contribution is 2.27. The molecule has 1 aromatic carbocycles. The molecule has 1 saturated heterocycles. The maximum absolute atomic E-state index is 12.3. The lowest BCUT2D eigenvalue weighted by molar-refractivity contribution is -0.120. The number of rotatable bonds is 6. The van der Waals surface area contributed by atoms with Crippen LogP contribution >= 0.6 is 11.8 Å². The Kier molecular flexibility index (Phi) is 5.23. The first-order chi connectivity index (χ1) is 11.2. The fourth-order valence-corrected chi connectivity index (χ4v) is 3.84. The minimum absolute atomic E-state index is 0.0419. The Morgan fingerprint density at radius 3 is 3.09 bits per heavy atom. The van der Waals surface area contributed by atoms with Crippen molar-refractivity contribution in [1.82, 2.24) is 14.9 Å². The summed E-state index contributed by atoms with van der Waals surface area (Å²) in [5.74, 6) is 0.0419. The van der Waals surface area contributed by atoms with E-state index in [1.165, 1.54) is 11.8 Å². The van der Waals surface area contributed by atoms with Crippen molar-refractivity contribution < 1.29 is 9.53 Å². The lowest BCUT2D eigenvalue weighted by atomic mass is 10.2. The monoisotopic (exact) mass is 333 g/mol. The number of thioether (sulfide) groups is 1. The third kappa shape index (κ3) is 3.70. The highest BCUT2D eigenvalue weighted by atomic mass is 32.2. The molecule has 0 aliphatic carbocycles. The van der Waals surface area contributed by atoms with Crippen LogP contribution in [-0.2, 0) is 16.1 Å². The van der Waals surface area contributed by atoms with E-state index in [-0.39, 0.29) is 17.3 Å². The number of carbonyl (C=O) groups is 1. The molecule has 2 aromatic rings. The van der Waals surface area contributed by atoms with Gasteiger partial charge in [0.25, 0.3) is 0 Å². The summed E-state index contributed by atoms with van der Waals surface area (Å²) in [4.78, 5) is 17.0. The molecule has 2 heterocycles. The van der Waals surface area contributed by atoms with Crippen LogP contribution in [0.25, 0.3) is 11.0 Å². The number of ether oxygens (including phenoxy) is 1. The number of fused-ring (bicyclic) bond motifs is 1. The molecule has 124 valence electrons. The molecule has 5 nitrogen and oxygen atoms in total. The Balaban J connectivity index is 1.64. The van der Waals surface area contributed by atoms with Crippen molar-refractivity contribution in [2.24, 2.45) is 0 Å².